The molecule has 0 aromatic heterocycles. The zero-order valence-corrected chi connectivity index (χ0v) is 8.86. The Kier molecular flexibility index (Phi) is 3.31. The van der Waals surface area contributed by atoms with Gasteiger partial charge in [-0.1, -0.05) is 6.58 Å². The van der Waals surface area contributed by atoms with Crippen molar-refractivity contribution in [3.63, 3.8) is 0 Å². The van der Waals surface area contributed by atoms with E-state index in [-0.39, 0.29) is 11.4 Å². The number of carbonyl (C=O) groups excluding carboxylic acids is 1. The van der Waals surface area contributed by atoms with E-state index < -0.39 is 20.9 Å². The number of aromatic hydroxyl groups is 1. The van der Waals surface area contributed by atoms with E-state index in [0.29, 0.717) is 0 Å². The molecule has 1 amide bonds. The summed E-state index contributed by atoms with van der Waals surface area (Å²) in [6, 6.07) is 5.35. The normalized spacial score (nSPS) is 10.8. The lowest BCUT2D eigenvalue weighted by atomic mass is 10.3. The molecule has 0 radical (unpaired) electrons. The number of nitrogens with one attached hydrogen (secondary N) is 1. The highest BCUT2D eigenvalue weighted by molar-refractivity contribution is 7.90. The monoisotopic (exact) mass is 243 g/mol. The summed E-state index contributed by atoms with van der Waals surface area (Å²) in [5.41, 5.74) is 0.271. The first kappa shape index (κ1) is 12.2. The average molecular weight is 243 g/mol. The minimum atomic E-state index is -4.59. The van der Waals surface area contributed by atoms with Crippen molar-refractivity contribution < 1.29 is 22.9 Å². The highest BCUT2D eigenvalue weighted by Crippen LogP contribution is 2.15. The van der Waals surface area contributed by atoms with Gasteiger partial charge in [-0.3, -0.25) is 9.35 Å². The van der Waals surface area contributed by atoms with Gasteiger partial charge in [-0.2, -0.15) is 8.42 Å². The topological polar surface area (TPSA) is 104 Å². The zero-order valence-electron chi connectivity index (χ0n) is 8.04. The van der Waals surface area contributed by atoms with Crippen LogP contribution >= 0.6 is 0 Å². The Morgan fingerprint density at radius 3 is 2.19 bits per heavy atom. The van der Waals surface area contributed by atoms with E-state index in [1.165, 1.54) is 24.3 Å². The highest BCUT2D eigenvalue weighted by atomic mass is 32.2. The molecule has 1 aromatic carbocycles. The van der Waals surface area contributed by atoms with Gasteiger partial charge >= 0.3 is 0 Å². The molecular weight excluding hydrogens is 234 g/mol. The predicted octanol–water partition coefficient (Wildman–Crippen LogP) is 0.732. The molecule has 0 unspecified atom stereocenters. The Hall–Kier alpha value is -1.86. The average Bonchev–Trinajstić information content (AvgIpc) is 2.19. The molecule has 3 N–H and O–H groups in total. The summed E-state index contributed by atoms with van der Waals surface area (Å²) in [5, 5.41) is 11.1. The summed E-state index contributed by atoms with van der Waals surface area (Å²) in [5.74, 6) is -1.03. The summed E-state index contributed by atoms with van der Waals surface area (Å²) in [7, 11) is -4.59. The van der Waals surface area contributed by atoms with Crippen LogP contribution in [0, 0.1) is 0 Å². The fraction of sp³-hybridized carbons (Fsp3) is 0. The van der Waals surface area contributed by atoms with E-state index in [9.17, 15) is 13.2 Å². The van der Waals surface area contributed by atoms with Crippen molar-refractivity contribution in [2.45, 2.75) is 0 Å². The lowest BCUT2D eigenvalue weighted by Crippen LogP contribution is -2.19. The Labute approximate surface area is 92.0 Å². The van der Waals surface area contributed by atoms with Crippen LogP contribution in [0.5, 0.6) is 5.75 Å². The van der Waals surface area contributed by atoms with Crippen LogP contribution in [0.15, 0.2) is 35.7 Å². The molecule has 0 aliphatic carbocycles. The lowest BCUT2D eigenvalue weighted by molar-refractivity contribution is -0.112. The summed E-state index contributed by atoms with van der Waals surface area (Å²) >= 11 is 0. The van der Waals surface area contributed by atoms with Gasteiger partial charge in [0.2, 0.25) is 0 Å². The quantitative estimate of drug-likeness (QED) is 0.412. The molecule has 6 nitrogen and oxygen atoms in total. The number of amides is 1. The zero-order chi connectivity index (χ0) is 12.3. The fourth-order valence-electron chi connectivity index (χ4n) is 0.863. The summed E-state index contributed by atoms with van der Waals surface area (Å²) in [4.78, 5) is 10.3. The maximum atomic E-state index is 11.2. The molecule has 7 heteroatoms. The van der Waals surface area contributed by atoms with Crippen LogP contribution in [-0.2, 0) is 14.9 Å². The van der Waals surface area contributed by atoms with Gasteiger partial charge in [0.25, 0.3) is 16.0 Å². The van der Waals surface area contributed by atoms with Gasteiger partial charge in [0.05, 0.1) is 0 Å². The van der Waals surface area contributed by atoms with Gasteiger partial charge < -0.3 is 10.4 Å². The highest BCUT2D eigenvalue weighted by Gasteiger charge is 2.19. The largest absolute Gasteiger partial charge is 0.508 e. The molecule has 0 bridgehead atoms. The second-order valence-corrected chi connectivity index (χ2v) is 4.34. The van der Waals surface area contributed by atoms with Crippen molar-refractivity contribution in [1.29, 1.82) is 0 Å². The lowest BCUT2D eigenvalue weighted by Gasteiger charge is -2.05. The second-order valence-electron chi connectivity index (χ2n) is 2.90. The smallest absolute Gasteiger partial charge is 0.299 e. The molecule has 1 rings (SSSR count). The van der Waals surface area contributed by atoms with Crippen molar-refractivity contribution in [3.8, 4) is 5.75 Å². The van der Waals surface area contributed by atoms with Crippen LogP contribution in [0.4, 0.5) is 5.69 Å². The molecule has 0 heterocycles. The number of rotatable bonds is 3. The van der Waals surface area contributed by atoms with Crippen LogP contribution in [0.3, 0.4) is 0 Å². The van der Waals surface area contributed by atoms with E-state index in [4.69, 9.17) is 9.66 Å². The molecule has 0 aliphatic rings. The third kappa shape index (κ3) is 3.07. The van der Waals surface area contributed by atoms with E-state index in [1.54, 1.807) is 0 Å². The SMILES string of the molecule is C=C(C(=O)Nc1ccc(O)cc1)S(=O)(=O)O. The van der Waals surface area contributed by atoms with Crippen molar-refractivity contribution >= 4 is 21.7 Å². The maximum Gasteiger partial charge on any atom is 0.299 e. The number of anilines is 1. The van der Waals surface area contributed by atoms with E-state index in [0.717, 1.165) is 0 Å². The first-order valence-electron chi connectivity index (χ1n) is 4.07. The van der Waals surface area contributed by atoms with Gasteiger partial charge in [0, 0.05) is 5.69 Å². The van der Waals surface area contributed by atoms with Crippen molar-refractivity contribution in [3.05, 3.63) is 35.7 Å². The first-order valence-corrected chi connectivity index (χ1v) is 5.51. The number of carbonyl (C=O) groups is 1. The van der Waals surface area contributed by atoms with Gasteiger partial charge in [-0.25, -0.2) is 0 Å². The predicted molar refractivity (Wildman–Crippen MR) is 57.4 cm³/mol. The van der Waals surface area contributed by atoms with Crippen LogP contribution in [-0.4, -0.2) is 24.0 Å². The molecule has 0 atom stereocenters. The van der Waals surface area contributed by atoms with E-state index >= 15 is 0 Å². The van der Waals surface area contributed by atoms with Gasteiger partial charge in [0.15, 0.2) is 4.91 Å². The standard InChI is InChI=1S/C9H9NO5S/c1-6(16(13,14)15)9(12)10-7-2-4-8(11)5-3-7/h2-5,11H,1H2,(H,10,12)(H,13,14,15). The van der Waals surface area contributed by atoms with Crippen molar-refractivity contribution in [2.75, 3.05) is 5.32 Å². The van der Waals surface area contributed by atoms with Crippen LogP contribution in [0.1, 0.15) is 0 Å². The molecule has 0 saturated carbocycles. The Bertz CT molecular complexity index is 517. The number of phenolic OH excluding ortho intramolecular Hbond substituents is 1. The van der Waals surface area contributed by atoms with Gasteiger partial charge in [0.1, 0.15) is 5.75 Å². The summed E-state index contributed by atoms with van der Waals surface area (Å²) < 4.78 is 29.7. The molecule has 0 aliphatic heterocycles. The summed E-state index contributed by atoms with van der Waals surface area (Å²) in [6.45, 7) is 2.94. The van der Waals surface area contributed by atoms with Crippen LogP contribution in [0.25, 0.3) is 0 Å². The molecule has 0 spiro atoms. The maximum absolute atomic E-state index is 11.2. The Balaban J connectivity index is 2.80. The number of phenols is 1. The van der Waals surface area contributed by atoms with Gasteiger partial charge in [-0.05, 0) is 24.3 Å². The second kappa shape index (κ2) is 4.33. The number of hydrogen-bond acceptors (Lipinski definition) is 4. The number of benzene rings is 1. The molecule has 86 valence electrons. The molecule has 1 aromatic rings. The van der Waals surface area contributed by atoms with Crippen molar-refractivity contribution in [1.82, 2.24) is 0 Å². The van der Waals surface area contributed by atoms with Crippen LogP contribution < -0.4 is 5.32 Å². The van der Waals surface area contributed by atoms with Crippen LogP contribution in [0.2, 0.25) is 0 Å². The third-order valence-electron chi connectivity index (χ3n) is 1.69. The molecule has 0 fully saturated rings. The fourth-order valence-corrected chi connectivity index (χ4v) is 1.15. The Morgan fingerprint density at radius 1 is 1.25 bits per heavy atom. The van der Waals surface area contributed by atoms with Gasteiger partial charge in [-0.15, -0.1) is 0 Å². The minimum Gasteiger partial charge on any atom is -0.508 e. The molecule has 16 heavy (non-hydrogen) atoms. The van der Waals surface area contributed by atoms with E-state index in [2.05, 4.69) is 11.9 Å². The third-order valence-corrected chi connectivity index (χ3v) is 2.50. The number of hydrogen-bond donors (Lipinski definition) is 3. The molecule has 0 saturated heterocycles. The Morgan fingerprint density at radius 2 is 1.75 bits per heavy atom. The minimum absolute atomic E-state index is 0.00612. The first-order chi connectivity index (χ1) is 7.30. The van der Waals surface area contributed by atoms with Crippen molar-refractivity contribution in [2.24, 2.45) is 0 Å². The summed E-state index contributed by atoms with van der Waals surface area (Å²) in [6.07, 6.45) is 0. The van der Waals surface area contributed by atoms with E-state index in [1.807, 2.05) is 0 Å². The molecular formula is C9H9NO5S.